The highest BCUT2D eigenvalue weighted by Crippen LogP contribution is 2.11. The van der Waals surface area contributed by atoms with Gasteiger partial charge in [0.2, 0.25) is 0 Å². The van der Waals surface area contributed by atoms with Gasteiger partial charge in [0, 0.05) is 38.6 Å². The van der Waals surface area contributed by atoms with Crippen LogP contribution in [0.4, 0.5) is 5.82 Å². The molecule has 1 aromatic heterocycles. The molecule has 0 aliphatic carbocycles. The smallest absolute Gasteiger partial charge is 0.276 e. The molecule has 0 spiro atoms. The van der Waals surface area contributed by atoms with E-state index < -0.39 is 0 Å². The fraction of sp³-hybridized carbons (Fsp3) is 0.643. The normalized spacial score (nSPS) is 16.6. The van der Waals surface area contributed by atoms with Gasteiger partial charge in [-0.2, -0.15) is 0 Å². The fourth-order valence-corrected chi connectivity index (χ4v) is 2.28. The standard InChI is InChI=1S/C14H23N5O/c1-11(2)3-6-18-7-9-19(10-8-18)14(20)12-13(15)17-5-4-16-12/h4-5,11H,3,6-10H2,1-2H3,(H2,15,17). The molecule has 110 valence electrons. The zero-order chi connectivity index (χ0) is 14.5. The van der Waals surface area contributed by atoms with E-state index in [0.717, 1.165) is 32.7 Å². The maximum absolute atomic E-state index is 12.3. The number of carbonyl (C=O) groups is 1. The summed E-state index contributed by atoms with van der Waals surface area (Å²) in [6.45, 7) is 8.86. The molecular weight excluding hydrogens is 254 g/mol. The average Bonchev–Trinajstić information content (AvgIpc) is 2.45. The van der Waals surface area contributed by atoms with Crippen molar-refractivity contribution in [2.45, 2.75) is 20.3 Å². The van der Waals surface area contributed by atoms with Crippen molar-refractivity contribution >= 4 is 11.7 Å². The Morgan fingerprint density at radius 3 is 2.50 bits per heavy atom. The number of anilines is 1. The van der Waals surface area contributed by atoms with Crippen LogP contribution in [0.25, 0.3) is 0 Å². The summed E-state index contributed by atoms with van der Waals surface area (Å²) in [4.78, 5) is 24.5. The first-order valence-electron chi connectivity index (χ1n) is 7.16. The first kappa shape index (κ1) is 14.7. The lowest BCUT2D eigenvalue weighted by molar-refractivity contribution is 0.0627. The maximum Gasteiger partial charge on any atom is 0.276 e. The number of hydrogen-bond donors (Lipinski definition) is 1. The van der Waals surface area contributed by atoms with E-state index in [-0.39, 0.29) is 17.4 Å². The van der Waals surface area contributed by atoms with E-state index >= 15 is 0 Å². The van der Waals surface area contributed by atoms with Crippen molar-refractivity contribution in [3.63, 3.8) is 0 Å². The summed E-state index contributed by atoms with van der Waals surface area (Å²) in [5, 5.41) is 0. The zero-order valence-electron chi connectivity index (χ0n) is 12.2. The highest BCUT2D eigenvalue weighted by molar-refractivity contribution is 5.96. The molecule has 0 aromatic carbocycles. The third-order valence-corrected chi connectivity index (χ3v) is 3.61. The molecule has 2 rings (SSSR count). The van der Waals surface area contributed by atoms with E-state index in [2.05, 4.69) is 28.7 Å². The van der Waals surface area contributed by atoms with E-state index in [4.69, 9.17) is 5.73 Å². The minimum absolute atomic E-state index is 0.112. The monoisotopic (exact) mass is 277 g/mol. The molecule has 20 heavy (non-hydrogen) atoms. The first-order chi connectivity index (χ1) is 9.58. The van der Waals surface area contributed by atoms with Crippen molar-refractivity contribution in [2.75, 3.05) is 38.5 Å². The van der Waals surface area contributed by atoms with Gasteiger partial charge in [-0.25, -0.2) is 9.97 Å². The van der Waals surface area contributed by atoms with Gasteiger partial charge in [-0.1, -0.05) is 13.8 Å². The predicted octanol–water partition coefficient (Wildman–Crippen LogP) is 0.863. The lowest BCUT2D eigenvalue weighted by Crippen LogP contribution is -2.49. The van der Waals surface area contributed by atoms with Crippen molar-refractivity contribution < 1.29 is 4.79 Å². The average molecular weight is 277 g/mol. The summed E-state index contributed by atoms with van der Waals surface area (Å²) in [6.07, 6.45) is 4.20. The first-order valence-corrected chi connectivity index (χ1v) is 7.16. The summed E-state index contributed by atoms with van der Waals surface area (Å²) in [5.74, 6) is 0.813. The number of hydrogen-bond acceptors (Lipinski definition) is 5. The van der Waals surface area contributed by atoms with Crippen molar-refractivity contribution in [2.24, 2.45) is 5.92 Å². The van der Waals surface area contributed by atoms with E-state index in [1.807, 2.05) is 4.90 Å². The number of nitrogens with two attached hydrogens (primary N) is 1. The highest BCUT2D eigenvalue weighted by Gasteiger charge is 2.24. The Bertz CT molecular complexity index is 455. The molecule has 1 saturated heterocycles. The largest absolute Gasteiger partial charge is 0.382 e. The van der Waals surface area contributed by atoms with Gasteiger partial charge in [0.05, 0.1) is 0 Å². The van der Waals surface area contributed by atoms with Crippen molar-refractivity contribution in [1.82, 2.24) is 19.8 Å². The number of carbonyl (C=O) groups excluding carboxylic acids is 1. The summed E-state index contributed by atoms with van der Waals surface area (Å²) in [5.41, 5.74) is 5.97. The SMILES string of the molecule is CC(C)CCN1CCN(C(=O)c2nccnc2N)CC1. The molecular formula is C14H23N5O. The molecule has 1 aliphatic heterocycles. The number of amides is 1. The molecule has 1 aromatic rings. The lowest BCUT2D eigenvalue weighted by atomic mass is 10.1. The Hall–Kier alpha value is -1.69. The minimum Gasteiger partial charge on any atom is -0.382 e. The number of piperazine rings is 1. The van der Waals surface area contributed by atoms with Crippen LogP contribution >= 0.6 is 0 Å². The maximum atomic E-state index is 12.3. The number of rotatable bonds is 4. The second kappa shape index (κ2) is 6.65. The van der Waals surface area contributed by atoms with Gasteiger partial charge >= 0.3 is 0 Å². The van der Waals surface area contributed by atoms with E-state index in [1.54, 1.807) is 0 Å². The molecule has 6 nitrogen and oxygen atoms in total. The van der Waals surface area contributed by atoms with Crippen LogP contribution in [0, 0.1) is 5.92 Å². The molecule has 1 amide bonds. The quantitative estimate of drug-likeness (QED) is 0.883. The van der Waals surface area contributed by atoms with Crippen LogP contribution < -0.4 is 5.73 Å². The Morgan fingerprint density at radius 2 is 1.90 bits per heavy atom. The van der Waals surface area contributed by atoms with Crippen LogP contribution in [0.15, 0.2) is 12.4 Å². The zero-order valence-corrected chi connectivity index (χ0v) is 12.2. The van der Waals surface area contributed by atoms with Crippen molar-refractivity contribution in [1.29, 1.82) is 0 Å². The molecule has 0 unspecified atom stereocenters. The molecule has 0 bridgehead atoms. The summed E-state index contributed by atoms with van der Waals surface area (Å²) in [7, 11) is 0. The van der Waals surface area contributed by atoms with Gasteiger partial charge in [-0.3, -0.25) is 9.69 Å². The van der Waals surface area contributed by atoms with E-state index in [0.29, 0.717) is 5.92 Å². The van der Waals surface area contributed by atoms with Gasteiger partial charge in [0.1, 0.15) is 0 Å². The van der Waals surface area contributed by atoms with E-state index in [1.165, 1.54) is 18.8 Å². The van der Waals surface area contributed by atoms with Gasteiger partial charge in [-0.05, 0) is 18.9 Å². The Kier molecular flexibility index (Phi) is 4.89. The van der Waals surface area contributed by atoms with Gasteiger partial charge in [0.25, 0.3) is 5.91 Å². The molecule has 1 aliphatic rings. The fourth-order valence-electron chi connectivity index (χ4n) is 2.28. The molecule has 0 radical (unpaired) electrons. The van der Waals surface area contributed by atoms with Crippen LogP contribution in [0.2, 0.25) is 0 Å². The summed E-state index contributed by atoms with van der Waals surface area (Å²) < 4.78 is 0. The van der Waals surface area contributed by atoms with Crippen molar-refractivity contribution in [3.8, 4) is 0 Å². The van der Waals surface area contributed by atoms with Crippen LogP contribution in [-0.4, -0.2) is 58.4 Å². The van der Waals surface area contributed by atoms with Gasteiger partial charge in [-0.15, -0.1) is 0 Å². The third kappa shape index (κ3) is 3.66. The number of aromatic nitrogens is 2. The van der Waals surface area contributed by atoms with Gasteiger partial charge < -0.3 is 10.6 Å². The predicted molar refractivity (Wildman–Crippen MR) is 78.2 cm³/mol. The van der Waals surface area contributed by atoms with Crippen LogP contribution in [0.3, 0.4) is 0 Å². The Morgan fingerprint density at radius 1 is 1.25 bits per heavy atom. The molecule has 2 heterocycles. The number of nitrogens with zero attached hydrogens (tertiary/aromatic N) is 4. The highest BCUT2D eigenvalue weighted by atomic mass is 16.2. The summed E-state index contributed by atoms with van der Waals surface area (Å²) >= 11 is 0. The van der Waals surface area contributed by atoms with Gasteiger partial charge in [0.15, 0.2) is 11.5 Å². The van der Waals surface area contributed by atoms with Crippen LogP contribution in [-0.2, 0) is 0 Å². The van der Waals surface area contributed by atoms with Crippen LogP contribution in [0.5, 0.6) is 0 Å². The second-order valence-corrected chi connectivity index (χ2v) is 5.61. The molecule has 0 atom stereocenters. The third-order valence-electron chi connectivity index (χ3n) is 3.61. The van der Waals surface area contributed by atoms with E-state index in [9.17, 15) is 4.79 Å². The number of nitrogen functional groups attached to an aromatic ring is 1. The molecule has 6 heteroatoms. The van der Waals surface area contributed by atoms with Crippen molar-refractivity contribution in [3.05, 3.63) is 18.1 Å². The lowest BCUT2D eigenvalue weighted by Gasteiger charge is -2.34. The van der Waals surface area contributed by atoms with Crippen LogP contribution in [0.1, 0.15) is 30.8 Å². The topological polar surface area (TPSA) is 75.3 Å². The Balaban J connectivity index is 1.88. The molecule has 1 fully saturated rings. The molecule has 2 N–H and O–H groups in total. The molecule has 0 saturated carbocycles. The Labute approximate surface area is 120 Å². The second-order valence-electron chi connectivity index (χ2n) is 5.61. The summed E-state index contributed by atoms with van der Waals surface area (Å²) in [6, 6.07) is 0. The minimum atomic E-state index is -0.112.